The summed E-state index contributed by atoms with van der Waals surface area (Å²) < 4.78 is 5.75. The highest BCUT2D eigenvalue weighted by Crippen LogP contribution is 2.17. The molecule has 2 aromatic rings. The van der Waals surface area contributed by atoms with E-state index in [9.17, 15) is 20.3 Å². The lowest BCUT2D eigenvalue weighted by molar-refractivity contribution is -0.463. The van der Waals surface area contributed by atoms with Crippen LogP contribution >= 0.6 is 11.8 Å². The van der Waals surface area contributed by atoms with Gasteiger partial charge in [0.05, 0.1) is 24.9 Å². The number of hydrogen-bond acceptors (Lipinski definition) is 8. The number of nitrogens with one attached hydrogen (secondary N) is 1. The highest BCUT2D eigenvalue weighted by atomic mass is 32.2. The summed E-state index contributed by atoms with van der Waals surface area (Å²) in [6, 6.07) is 10.0. The predicted molar refractivity (Wildman–Crippen MR) is 117 cm³/mol. The molecule has 0 saturated carbocycles. The van der Waals surface area contributed by atoms with E-state index in [0.717, 1.165) is 29.6 Å². The van der Waals surface area contributed by atoms with Crippen molar-refractivity contribution < 1.29 is 19.6 Å². The van der Waals surface area contributed by atoms with Crippen LogP contribution < -0.4 is 5.32 Å². The number of phenols is 1. The number of rotatable bonds is 12. The molecular formula is C20H28N4O5S. The zero-order valence-corrected chi connectivity index (χ0v) is 18.0. The zero-order valence-electron chi connectivity index (χ0n) is 17.2. The molecule has 0 aliphatic rings. The molecule has 0 radical (unpaired) electrons. The average molecular weight is 437 g/mol. The first kappa shape index (κ1) is 23.7. The van der Waals surface area contributed by atoms with Gasteiger partial charge in [0.25, 0.3) is 6.54 Å². The lowest BCUT2D eigenvalue weighted by Crippen LogP contribution is -2.32. The van der Waals surface area contributed by atoms with Gasteiger partial charge < -0.3 is 24.8 Å². The Kier molecular flexibility index (Phi) is 9.65. The Hall–Kier alpha value is -2.56. The van der Waals surface area contributed by atoms with Gasteiger partial charge in [0, 0.05) is 17.2 Å². The normalized spacial score (nSPS) is 12.9. The van der Waals surface area contributed by atoms with Crippen LogP contribution in [0.5, 0.6) is 5.75 Å². The maximum Gasteiger partial charge on any atom is 0.259 e. The van der Waals surface area contributed by atoms with Crippen molar-refractivity contribution in [1.29, 1.82) is 0 Å². The second-order valence-corrected chi connectivity index (χ2v) is 8.08. The Balaban J connectivity index is 1.77. The molecule has 2 rings (SSSR count). The third-order valence-electron chi connectivity index (χ3n) is 4.02. The molecule has 10 heteroatoms. The van der Waals surface area contributed by atoms with Crippen LogP contribution in [-0.2, 0) is 12.3 Å². The highest BCUT2D eigenvalue weighted by molar-refractivity contribution is 7.98. The molecule has 1 unspecified atom stereocenters. The minimum atomic E-state index is -0.904. The molecule has 9 nitrogen and oxygen atoms in total. The summed E-state index contributed by atoms with van der Waals surface area (Å²) in [4.78, 5) is 16.6. The summed E-state index contributed by atoms with van der Waals surface area (Å²) in [5.41, 5.74) is 0.583. The molecule has 30 heavy (non-hydrogen) atoms. The fourth-order valence-electron chi connectivity index (χ4n) is 2.62. The Bertz CT molecular complexity index is 823. The van der Waals surface area contributed by atoms with Crippen molar-refractivity contribution in [3.63, 3.8) is 0 Å². The number of phenolic OH excluding ortho intramolecular Hbond substituents is 1. The molecule has 1 atom stereocenters. The molecule has 3 N–H and O–H groups in total. The number of thioether (sulfide) groups is 1. The van der Waals surface area contributed by atoms with Crippen LogP contribution in [0.2, 0.25) is 0 Å². The number of furan rings is 1. The Morgan fingerprint density at radius 3 is 2.63 bits per heavy atom. The summed E-state index contributed by atoms with van der Waals surface area (Å²) in [6.45, 7) is 0.828. The lowest BCUT2D eigenvalue weighted by Gasteiger charge is -2.10. The lowest BCUT2D eigenvalue weighted by atomic mass is 10.1. The van der Waals surface area contributed by atoms with E-state index in [2.05, 4.69) is 10.3 Å². The molecule has 0 amide bonds. The first-order valence-corrected chi connectivity index (χ1v) is 10.6. The third-order valence-corrected chi connectivity index (χ3v) is 5.00. The van der Waals surface area contributed by atoms with E-state index >= 15 is 0 Å². The molecule has 0 spiro atoms. The minimum Gasteiger partial charge on any atom is -0.508 e. The maximum atomic E-state index is 10.9. The number of amidine groups is 1. The summed E-state index contributed by atoms with van der Waals surface area (Å²) in [6.07, 6.45) is -0.904. The SMILES string of the molecule is CN(C)Cc1ccc(CSCCNC(C[N+](=O)[O-])=NCC(O)c2ccc(O)cc2)o1. The van der Waals surface area contributed by atoms with Gasteiger partial charge >= 0.3 is 0 Å². The average Bonchev–Trinajstić information content (AvgIpc) is 3.12. The third kappa shape index (κ3) is 8.85. The number of aliphatic hydroxyl groups is 1. The smallest absolute Gasteiger partial charge is 0.259 e. The molecular weight excluding hydrogens is 408 g/mol. The number of aromatic hydroxyl groups is 1. The molecule has 164 valence electrons. The van der Waals surface area contributed by atoms with Crippen LogP contribution in [-0.4, -0.2) is 65.4 Å². The van der Waals surface area contributed by atoms with Crippen molar-refractivity contribution >= 4 is 17.6 Å². The predicted octanol–water partition coefficient (Wildman–Crippen LogP) is 2.28. The largest absolute Gasteiger partial charge is 0.508 e. The molecule has 0 saturated heterocycles. The van der Waals surface area contributed by atoms with Crippen LogP contribution in [0.4, 0.5) is 0 Å². The van der Waals surface area contributed by atoms with Crippen molar-refractivity contribution in [2.24, 2.45) is 4.99 Å². The first-order chi connectivity index (χ1) is 14.3. The van der Waals surface area contributed by atoms with E-state index in [-0.39, 0.29) is 18.1 Å². The van der Waals surface area contributed by atoms with Crippen LogP contribution in [0.3, 0.4) is 0 Å². The van der Waals surface area contributed by atoms with E-state index in [1.54, 1.807) is 23.9 Å². The van der Waals surface area contributed by atoms with Crippen molar-refractivity contribution in [3.8, 4) is 5.75 Å². The first-order valence-electron chi connectivity index (χ1n) is 9.49. The van der Waals surface area contributed by atoms with Crippen molar-refractivity contribution in [2.75, 3.05) is 39.5 Å². The minimum absolute atomic E-state index is 0.00482. The molecule has 1 aromatic heterocycles. The van der Waals surface area contributed by atoms with Gasteiger partial charge in [-0.1, -0.05) is 12.1 Å². The van der Waals surface area contributed by atoms with E-state index in [4.69, 9.17) is 4.42 Å². The van der Waals surface area contributed by atoms with Gasteiger partial charge in [-0.25, -0.2) is 0 Å². The number of nitrogens with zero attached hydrogens (tertiary/aromatic N) is 3. The maximum absolute atomic E-state index is 10.9. The number of nitro groups is 1. The van der Waals surface area contributed by atoms with Gasteiger partial charge in [-0.2, -0.15) is 11.8 Å². The Labute approximate surface area is 180 Å². The second-order valence-electron chi connectivity index (χ2n) is 6.97. The van der Waals surface area contributed by atoms with E-state index < -0.39 is 17.6 Å². The van der Waals surface area contributed by atoms with Gasteiger partial charge in [0.1, 0.15) is 17.3 Å². The fourth-order valence-corrected chi connectivity index (χ4v) is 3.37. The van der Waals surface area contributed by atoms with Crippen molar-refractivity contribution in [2.45, 2.75) is 18.4 Å². The number of aliphatic hydroxyl groups excluding tert-OH is 1. The topological polar surface area (TPSA) is 124 Å². The zero-order chi connectivity index (χ0) is 21.9. The fraction of sp³-hybridized carbons (Fsp3) is 0.450. The molecule has 0 fully saturated rings. The number of benzene rings is 1. The van der Waals surface area contributed by atoms with Gasteiger partial charge in [0.15, 0.2) is 5.84 Å². The standard InChI is InChI=1S/C20H28N4O5S/c1-23(2)12-17-7-8-18(29-17)14-30-10-9-21-20(13-24(27)28)22-11-19(26)15-3-5-16(25)6-4-15/h3-8,19,25-26H,9-14H2,1-2H3,(H,21,22). The molecule has 0 bridgehead atoms. The van der Waals surface area contributed by atoms with E-state index in [0.29, 0.717) is 12.1 Å². The van der Waals surface area contributed by atoms with Crippen LogP contribution in [0.25, 0.3) is 0 Å². The van der Waals surface area contributed by atoms with Gasteiger partial charge in [-0.05, 0) is 43.9 Å². The van der Waals surface area contributed by atoms with Gasteiger partial charge in [-0.3, -0.25) is 15.1 Å². The summed E-state index contributed by atoms with van der Waals surface area (Å²) in [5.74, 6) is 3.59. The van der Waals surface area contributed by atoms with Crippen LogP contribution in [0.15, 0.2) is 45.8 Å². The summed E-state index contributed by atoms with van der Waals surface area (Å²) >= 11 is 1.65. The molecule has 1 heterocycles. The Morgan fingerprint density at radius 2 is 1.97 bits per heavy atom. The van der Waals surface area contributed by atoms with Crippen LogP contribution in [0, 0.1) is 10.1 Å². The highest BCUT2D eigenvalue weighted by Gasteiger charge is 2.11. The van der Waals surface area contributed by atoms with E-state index in [1.165, 1.54) is 12.1 Å². The van der Waals surface area contributed by atoms with Gasteiger partial charge in [0.2, 0.25) is 0 Å². The summed E-state index contributed by atoms with van der Waals surface area (Å²) in [5, 5.41) is 33.4. The summed E-state index contributed by atoms with van der Waals surface area (Å²) in [7, 11) is 3.97. The molecule has 0 aliphatic carbocycles. The number of hydrogen-bond donors (Lipinski definition) is 3. The number of aliphatic imine (C=N–C) groups is 1. The van der Waals surface area contributed by atoms with Crippen molar-refractivity contribution in [3.05, 3.63) is 63.6 Å². The monoisotopic (exact) mass is 436 g/mol. The van der Waals surface area contributed by atoms with Gasteiger partial charge in [-0.15, -0.1) is 0 Å². The molecule has 1 aromatic carbocycles. The quantitative estimate of drug-likeness (QED) is 0.152. The van der Waals surface area contributed by atoms with E-state index in [1.807, 2.05) is 31.1 Å². The Morgan fingerprint density at radius 1 is 1.27 bits per heavy atom. The molecule has 0 aliphatic heterocycles. The second kappa shape index (κ2) is 12.2. The van der Waals surface area contributed by atoms with Crippen LogP contribution in [0.1, 0.15) is 23.2 Å². The van der Waals surface area contributed by atoms with Crippen molar-refractivity contribution in [1.82, 2.24) is 10.2 Å².